The third-order valence-electron chi connectivity index (χ3n) is 4.38. The fourth-order valence-electron chi connectivity index (χ4n) is 3.10. The SMILES string of the molecule is Cc1ccc(S(=O)(=O)N(Cc2ccccc2)[C@H]2C=CS(=O)(=O)C2)c(C)c1. The number of sulfone groups is 1. The summed E-state index contributed by atoms with van der Waals surface area (Å²) in [5.41, 5.74) is 2.42. The molecule has 0 spiro atoms. The third kappa shape index (κ3) is 3.90. The van der Waals surface area contributed by atoms with E-state index < -0.39 is 25.9 Å². The van der Waals surface area contributed by atoms with E-state index in [-0.39, 0.29) is 17.2 Å². The fourth-order valence-corrected chi connectivity index (χ4v) is 6.27. The average Bonchev–Trinajstić information content (AvgIpc) is 2.92. The summed E-state index contributed by atoms with van der Waals surface area (Å²) >= 11 is 0. The Morgan fingerprint density at radius 2 is 1.77 bits per heavy atom. The summed E-state index contributed by atoms with van der Waals surface area (Å²) in [5.74, 6) is -0.232. The van der Waals surface area contributed by atoms with Gasteiger partial charge in [-0.05, 0) is 31.0 Å². The van der Waals surface area contributed by atoms with Gasteiger partial charge in [-0.25, -0.2) is 16.8 Å². The van der Waals surface area contributed by atoms with Crippen molar-refractivity contribution >= 4 is 19.9 Å². The Morgan fingerprint density at radius 3 is 2.35 bits per heavy atom. The fraction of sp³-hybridized carbons (Fsp3) is 0.263. The minimum absolute atomic E-state index is 0.112. The van der Waals surface area contributed by atoms with Crippen molar-refractivity contribution in [1.82, 2.24) is 4.31 Å². The van der Waals surface area contributed by atoms with E-state index in [2.05, 4.69) is 0 Å². The zero-order chi connectivity index (χ0) is 18.9. The van der Waals surface area contributed by atoms with E-state index in [1.54, 1.807) is 19.1 Å². The van der Waals surface area contributed by atoms with Crippen LogP contribution >= 0.6 is 0 Å². The molecule has 1 atom stereocenters. The molecule has 3 rings (SSSR count). The summed E-state index contributed by atoms with van der Waals surface area (Å²) in [4.78, 5) is 0.205. The lowest BCUT2D eigenvalue weighted by Crippen LogP contribution is -2.40. The second-order valence-electron chi connectivity index (χ2n) is 6.53. The van der Waals surface area contributed by atoms with E-state index in [1.165, 1.54) is 10.4 Å². The zero-order valence-corrected chi connectivity index (χ0v) is 16.3. The van der Waals surface area contributed by atoms with E-state index in [0.29, 0.717) is 5.56 Å². The monoisotopic (exact) mass is 391 g/mol. The van der Waals surface area contributed by atoms with Gasteiger partial charge in [0, 0.05) is 12.0 Å². The number of benzene rings is 2. The highest BCUT2D eigenvalue weighted by Gasteiger charge is 2.36. The third-order valence-corrected chi connectivity index (χ3v) is 7.79. The molecule has 0 unspecified atom stereocenters. The van der Waals surface area contributed by atoms with Crippen LogP contribution in [0, 0.1) is 13.8 Å². The molecule has 0 saturated heterocycles. The van der Waals surface area contributed by atoms with Crippen molar-refractivity contribution in [2.45, 2.75) is 31.3 Å². The van der Waals surface area contributed by atoms with Crippen molar-refractivity contribution < 1.29 is 16.8 Å². The molecular formula is C19H21NO4S2. The Hall–Kier alpha value is -1.96. The topological polar surface area (TPSA) is 71.5 Å². The van der Waals surface area contributed by atoms with E-state index >= 15 is 0 Å². The van der Waals surface area contributed by atoms with Crippen LogP contribution < -0.4 is 0 Å². The van der Waals surface area contributed by atoms with Gasteiger partial charge in [-0.2, -0.15) is 4.31 Å². The van der Waals surface area contributed by atoms with Gasteiger partial charge in [0.15, 0.2) is 9.84 Å². The van der Waals surface area contributed by atoms with Gasteiger partial charge in [-0.15, -0.1) is 0 Å². The van der Waals surface area contributed by atoms with Crippen LogP contribution in [0.3, 0.4) is 0 Å². The molecule has 0 amide bonds. The van der Waals surface area contributed by atoms with E-state index in [9.17, 15) is 16.8 Å². The van der Waals surface area contributed by atoms with Gasteiger partial charge in [0.05, 0.1) is 16.7 Å². The Labute approximate surface area is 154 Å². The van der Waals surface area contributed by atoms with Crippen LogP contribution in [0.1, 0.15) is 16.7 Å². The van der Waals surface area contributed by atoms with Crippen LogP contribution in [-0.2, 0) is 26.4 Å². The molecule has 0 bridgehead atoms. The Morgan fingerprint density at radius 1 is 1.08 bits per heavy atom. The summed E-state index contributed by atoms with van der Waals surface area (Å²) in [7, 11) is -7.24. The predicted molar refractivity (Wildman–Crippen MR) is 102 cm³/mol. The number of hydrogen-bond donors (Lipinski definition) is 0. The predicted octanol–water partition coefficient (Wildman–Crippen LogP) is 2.81. The van der Waals surface area contributed by atoms with Gasteiger partial charge in [0.25, 0.3) is 0 Å². The highest BCUT2D eigenvalue weighted by Crippen LogP contribution is 2.27. The molecule has 1 aliphatic heterocycles. The first kappa shape index (κ1) is 18.8. The molecule has 2 aromatic carbocycles. The van der Waals surface area contributed by atoms with Crippen molar-refractivity contribution in [3.63, 3.8) is 0 Å². The number of sulfonamides is 1. The van der Waals surface area contributed by atoms with Gasteiger partial charge in [0.1, 0.15) is 0 Å². The summed E-state index contributed by atoms with van der Waals surface area (Å²) in [6.45, 7) is 3.76. The maximum absolute atomic E-state index is 13.4. The molecule has 0 fully saturated rings. The van der Waals surface area contributed by atoms with Gasteiger partial charge < -0.3 is 0 Å². The largest absolute Gasteiger partial charge is 0.244 e. The number of rotatable bonds is 5. The zero-order valence-electron chi connectivity index (χ0n) is 14.7. The first-order chi connectivity index (χ1) is 12.2. The van der Waals surface area contributed by atoms with Crippen molar-refractivity contribution in [2.75, 3.05) is 5.75 Å². The minimum Gasteiger partial charge on any atom is -0.224 e. The van der Waals surface area contributed by atoms with Crippen LogP contribution in [0.2, 0.25) is 0 Å². The molecule has 138 valence electrons. The van der Waals surface area contributed by atoms with Crippen molar-refractivity contribution in [3.8, 4) is 0 Å². The second kappa shape index (κ2) is 6.98. The van der Waals surface area contributed by atoms with Crippen LogP contribution in [0.25, 0.3) is 0 Å². The quantitative estimate of drug-likeness (QED) is 0.786. The summed E-state index contributed by atoms with van der Waals surface area (Å²) in [5, 5.41) is 1.10. The molecule has 0 N–H and O–H groups in total. The number of hydrogen-bond acceptors (Lipinski definition) is 4. The van der Waals surface area contributed by atoms with Gasteiger partial charge >= 0.3 is 0 Å². The first-order valence-corrected chi connectivity index (χ1v) is 11.4. The molecule has 7 heteroatoms. The van der Waals surface area contributed by atoms with Crippen LogP contribution in [-0.4, -0.2) is 32.9 Å². The number of nitrogens with zero attached hydrogens (tertiary/aromatic N) is 1. The lowest BCUT2D eigenvalue weighted by molar-refractivity contribution is 0.375. The van der Waals surface area contributed by atoms with E-state index in [0.717, 1.165) is 16.5 Å². The summed E-state index contributed by atoms with van der Waals surface area (Å²) in [6, 6.07) is 13.6. The number of aryl methyl sites for hydroxylation is 2. The highest BCUT2D eigenvalue weighted by atomic mass is 32.2. The molecule has 5 nitrogen and oxygen atoms in total. The van der Waals surface area contributed by atoms with Crippen LogP contribution in [0.15, 0.2) is 64.9 Å². The molecule has 0 saturated carbocycles. The lowest BCUT2D eigenvalue weighted by atomic mass is 10.2. The van der Waals surface area contributed by atoms with Crippen molar-refractivity contribution in [3.05, 3.63) is 76.7 Å². The van der Waals surface area contributed by atoms with Crippen LogP contribution in [0.4, 0.5) is 0 Å². The maximum atomic E-state index is 13.4. The Balaban J connectivity index is 2.06. The normalized spacial score (nSPS) is 19.1. The molecule has 1 aliphatic rings. The standard InChI is InChI=1S/C19H21NO4S2/c1-15-8-9-19(16(2)12-15)26(23,24)20(13-17-6-4-3-5-7-17)18-10-11-25(21,22)14-18/h3-12,18H,13-14H2,1-2H3/t18-/m0/s1. The summed E-state index contributed by atoms with van der Waals surface area (Å²) in [6.07, 6.45) is 1.46. The van der Waals surface area contributed by atoms with E-state index in [4.69, 9.17) is 0 Å². The second-order valence-corrected chi connectivity index (χ2v) is 10.3. The van der Waals surface area contributed by atoms with Gasteiger partial charge in [-0.3, -0.25) is 0 Å². The van der Waals surface area contributed by atoms with Crippen molar-refractivity contribution in [2.24, 2.45) is 0 Å². The summed E-state index contributed by atoms with van der Waals surface area (Å²) < 4.78 is 51.7. The first-order valence-electron chi connectivity index (χ1n) is 8.23. The maximum Gasteiger partial charge on any atom is 0.244 e. The Bertz CT molecular complexity index is 1040. The average molecular weight is 392 g/mol. The van der Waals surface area contributed by atoms with Crippen LogP contribution in [0.5, 0.6) is 0 Å². The molecule has 26 heavy (non-hydrogen) atoms. The highest BCUT2D eigenvalue weighted by molar-refractivity contribution is 7.94. The molecule has 1 heterocycles. The lowest BCUT2D eigenvalue weighted by Gasteiger charge is -2.27. The smallest absolute Gasteiger partial charge is 0.224 e. The van der Waals surface area contributed by atoms with E-state index in [1.807, 2.05) is 43.3 Å². The van der Waals surface area contributed by atoms with Crippen molar-refractivity contribution in [1.29, 1.82) is 0 Å². The Kier molecular flexibility index (Phi) is 5.05. The molecule has 0 aromatic heterocycles. The molecule has 2 aromatic rings. The minimum atomic E-state index is -3.86. The molecular weight excluding hydrogens is 370 g/mol. The van der Waals surface area contributed by atoms with Gasteiger partial charge in [-0.1, -0.05) is 54.1 Å². The molecule has 0 aliphatic carbocycles. The van der Waals surface area contributed by atoms with Gasteiger partial charge in [0.2, 0.25) is 10.0 Å². The molecule has 0 radical (unpaired) electrons.